The van der Waals surface area contributed by atoms with Crippen LogP contribution in [0.1, 0.15) is 17.4 Å². The van der Waals surface area contributed by atoms with Crippen LogP contribution in [0, 0.1) is 10.1 Å². The highest BCUT2D eigenvalue weighted by molar-refractivity contribution is 6.05. The Bertz CT molecular complexity index is 663. The summed E-state index contributed by atoms with van der Waals surface area (Å²) in [6, 6.07) is 6.73. The average Bonchev–Trinajstić information content (AvgIpc) is 2.83. The molecule has 0 aliphatic carbocycles. The molecule has 1 N–H and O–H groups in total. The second-order valence-electron chi connectivity index (χ2n) is 4.17. The van der Waals surface area contributed by atoms with Crippen LogP contribution in [-0.2, 0) is 7.05 Å². The van der Waals surface area contributed by atoms with Crippen molar-refractivity contribution < 1.29 is 14.5 Å². The maximum Gasteiger partial charge on any atom is 0.320 e. The summed E-state index contributed by atoms with van der Waals surface area (Å²) in [6.45, 7) is 2.42. The van der Waals surface area contributed by atoms with Crippen molar-refractivity contribution in [3.63, 3.8) is 0 Å². The fraction of sp³-hybridized carbons (Fsp3) is 0.231. The van der Waals surface area contributed by atoms with E-state index in [1.165, 1.54) is 11.7 Å². The lowest BCUT2D eigenvalue weighted by molar-refractivity contribution is -0.385. The van der Waals surface area contributed by atoms with Gasteiger partial charge in [0.2, 0.25) is 5.69 Å². The van der Waals surface area contributed by atoms with Gasteiger partial charge >= 0.3 is 5.69 Å². The molecule has 0 bridgehead atoms. The van der Waals surface area contributed by atoms with Crippen LogP contribution >= 0.6 is 0 Å². The summed E-state index contributed by atoms with van der Waals surface area (Å²) in [6.07, 6.45) is 1.05. The van der Waals surface area contributed by atoms with Crippen molar-refractivity contribution in [1.82, 2.24) is 9.78 Å². The van der Waals surface area contributed by atoms with Crippen molar-refractivity contribution >= 4 is 17.3 Å². The second kappa shape index (κ2) is 6.04. The number of benzene rings is 1. The largest absolute Gasteiger partial charge is 0.494 e. The van der Waals surface area contributed by atoms with Crippen LogP contribution in [-0.4, -0.2) is 27.2 Å². The van der Waals surface area contributed by atoms with Gasteiger partial charge in [0, 0.05) is 12.7 Å². The van der Waals surface area contributed by atoms with Crippen LogP contribution in [0.5, 0.6) is 5.75 Å². The maximum absolute atomic E-state index is 12.1. The SMILES string of the molecule is CCOc1ccc(NC(=O)c2c([N+](=O)[O-])cnn2C)cc1. The van der Waals surface area contributed by atoms with Crippen LogP contribution < -0.4 is 10.1 Å². The van der Waals surface area contributed by atoms with Gasteiger partial charge in [-0.05, 0) is 31.2 Å². The van der Waals surface area contributed by atoms with E-state index in [1.807, 2.05) is 6.92 Å². The molecule has 0 fully saturated rings. The number of ether oxygens (including phenoxy) is 1. The molecule has 0 saturated heterocycles. The third-order valence-corrected chi connectivity index (χ3v) is 2.75. The lowest BCUT2D eigenvalue weighted by Crippen LogP contribution is -2.17. The predicted molar refractivity (Wildman–Crippen MR) is 75.4 cm³/mol. The van der Waals surface area contributed by atoms with E-state index in [-0.39, 0.29) is 11.4 Å². The van der Waals surface area contributed by atoms with Gasteiger partial charge in [-0.3, -0.25) is 19.6 Å². The standard InChI is InChI=1S/C13H14N4O4/c1-3-21-10-6-4-9(5-7-10)15-13(18)12-11(17(19)20)8-14-16(12)2/h4-8H,3H2,1-2H3,(H,15,18). The molecule has 0 atom stereocenters. The number of hydrogen-bond acceptors (Lipinski definition) is 5. The summed E-state index contributed by atoms with van der Waals surface area (Å²) in [5.41, 5.74) is 0.0776. The molecule has 21 heavy (non-hydrogen) atoms. The monoisotopic (exact) mass is 290 g/mol. The van der Waals surface area contributed by atoms with Gasteiger partial charge in [-0.2, -0.15) is 5.10 Å². The molecule has 0 aliphatic heterocycles. The van der Waals surface area contributed by atoms with Crippen LogP contribution in [0.15, 0.2) is 30.5 Å². The topological polar surface area (TPSA) is 99.3 Å². The molecule has 0 spiro atoms. The summed E-state index contributed by atoms with van der Waals surface area (Å²) in [5, 5.41) is 17.2. The Labute approximate surface area is 120 Å². The molecule has 0 aliphatic rings. The van der Waals surface area contributed by atoms with Crippen molar-refractivity contribution in [1.29, 1.82) is 0 Å². The highest BCUT2D eigenvalue weighted by Gasteiger charge is 2.25. The number of carbonyl (C=O) groups excluding carboxylic acids is 1. The number of nitrogens with zero attached hydrogens (tertiary/aromatic N) is 3. The highest BCUT2D eigenvalue weighted by atomic mass is 16.6. The second-order valence-corrected chi connectivity index (χ2v) is 4.17. The van der Waals surface area contributed by atoms with Crippen molar-refractivity contribution in [3.8, 4) is 5.75 Å². The minimum absolute atomic E-state index is 0.103. The molecule has 2 aromatic rings. The van der Waals surface area contributed by atoms with E-state index < -0.39 is 10.8 Å². The minimum atomic E-state index is -0.639. The molecule has 1 aromatic carbocycles. The van der Waals surface area contributed by atoms with Gasteiger partial charge in [0.05, 0.1) is 11.5 Å². The quantitative estimate of drug-likeness (QED) is 0.670. The van der Waals surface area contributed by atoms with E-state index in [4.69, 9.17) is 4.74 Å². The number of amides is 1. The fourth-order valence-corrected chi connectivity index (χ4v) is 1.81. The van der Waals surface area contributed by atoms with Gasteiger partial charge in [-0.1, -0.05) is 0 Å². The van der Waals surface area contributed by atoms with E-state index in [0.29, 0.717) is 18.0 Å². The van der Waals surface area contributed by atoms with Gasteiger partial charge in [-0.25, -0.2) is 0 Å². The molecule has 1 amide bonds. The summed E-state index contributed by atoms with van der Waals surface area (Å²) >= 11 is 0. The third-order valence-electron chi connectivity index (χ3n) is 2.75. The van der Waals surface area contributed by atoms with Crippen LogP contribution in [0.3, 0.4) is 0 Å². The first kappa shape index (κ1) is 14.5. The molecular formula is C13H14N4O4. The van der Waals surface area contributed by atoms with Crippen molar-refractivity contribution in [2.75, 3.05) is 11.9 Å². The summed E-state index contributed by atoms with van der Waals surface area (Å²) < 4.78 is 6.46. The lowest BCUT2D eigenvalue weighted by atomic mass is 10.2. The van der Waals surface area contributed by atoms with Gasteiger partial charge in [-0.15, -0.1) is 0 Å². The number of aryl methyl sites for hydroxylation is 1. The smallest absolute Gasteiger partial charge is 0.320 e. The number of anilines is 1. The number of carbonyl (C=O) groups is 1. The Hall–Kier alpha value is -2.90. The fourth-order valence-electron chi connectivity index (χ4n) is 1.81. The van der Waals surface area contributed by atoms with Gasteiger partial charge in [0.25, 0.3) is 5.91 Å². The summed E-state index contributed by atoms with van der Waals surface area (Å²) in [7, 11) is 1.47. The Morgan fingerprint density at radius 3 is 2.67 bits per heavy atom. The average molecular weight is 290 g/mol. The maximum atomic E-state index is 12.1. The van der Waals surface area contributed by atoms with E-state index in [9.17, 15) is 14.9 Å². The van der Waals surface area contributed by atoms with Crippen LogP contribution in [0.25, 0.3) is 0 Å². The first-order valence-electron chi connectivity index (χ1n) is 6.23. The number of hydrogen-bond donors (Lipinski definition) is 1. The van der Waals surface area contributed by atoms with Crippen molar-refractivity contribution in [2.45, 2.75) is 6.92 Å². The van der Waals surface area contributed by atoms with E-state index >= 15 is 0 Å². The van der Waals surface area contributed by atoms with Crippen molar-refractivity contribution in [3.05, 3.63) is 46.3 Å². The highest BCUT2D eigenvalue weighted by Crippen LogP contribution is 2.20. The molecule has 8 nitrogen and oxygen atoms in total. The Morgan fingerprint density at radius 2 is 2.10 bits per heavy atom. The molecule has 1 aromatic heterocycles. The van der Waals surface area contributed by atoms with Gasteiger partial charge in [0.1, 0.15) is 11.9 Å². The third kappa shape index (κ3) is 3.16. The molecule has 0 saturated carbocycles. The molecule has 1 heterocycles. The Kier molecular flexibility index (Phi) is 4.17. The number of rotatable bonds is 5. The van der Waals surface area contributed by atoms with E-state index in [1.54, 1.807) is 24.3 Å². The molecule has 0 radical (unpaired) electrons. The zero-order valence-electron chi connectivity index (χ0n) is 11.6. The Balaban J connectivity index is 2.18. The van der Waals surface area contributed by atoms with Crippen LogP contribution in [0.2, 0.25) is 0 Å². The zero-order chi connectivity index (χ0) is 15.4. The zero-order valence-corrected chi connectivity index (χ0v) is 11.6. The number of nitro groups is 1. The molecule has 2 rings (SSSR count). The number of nitrogens with one attached hydrogen (secondary N) is 1. The molecule has 0 unspecified atom stereocenters. The Morgan fingerprint density at radius 1 is 1.43 bits per heavy atom. The molecule has 110 valence electrons. The minimum Gasteiger partial charge on any atom is -0.494 e. The van der Waals surface area contributed by atoms with Crippen LogP contribution in [0.4, 0.5) is 11.4 Å². The normalized spacial score (nSPS) is 10.2. The van der Waals surface area contributed by atoms with E-state index in [0.717, 1.165) is 6.20 Å². The lowest BCUT2D eigenvalue weighted by Gasteiger charge is -2.07. The summed E-state index contributed by atoms with van der Waals surface area (Å²) in [5.74, 6) is 0.0906. The predicted octanol–water partition coefficient (Wildman–Crippen LogP) is 1.98. The number of aromatic nitrogens is 2. The van der Waals surface area contributed by atoms with Gasteiger partial charge in [0.15, 0.2) is 0 Å². The summed E-state index contributed by atoms with van der Waals surface area (Å²) in [4.78, 5) is 22.3. The first-order valence-corrected chi connectivity index (χ1v) is 6.23. The first-order chi connectivity index (χ1) is 10.0. The van der Waals surface area contributed by atoms with Crippen molar-refractivity contribution in [2.24, 2.45) is 7.05 Å². The van der Waals surface area contributed by atoms with E-state index in [2.05, 4.69) is 10.4 Å². The molecular weight excluding hydrogens is 276 g/mol. The molecule has 8 heteroatoms. The van der Waals surface area contributed by atoms with Gasteiger partial charge < -0.3 is 10.1 Å².